The van der Waals surface area contributed by atoms with Gasteiger partial charge in [-0.3, -0.25) is 9.48 Å². The van der Waals surface area contributed by atoms with Gasteiger partial charge in [0.1, 0.15) is 0 Å². The van der Waals surface area contributed by atoms with Gasteiger partial charge in [0.2, 0.25) is 10.0 Å². The highest BCUT2D eigenvalue weighted by atomic mass is 32.2. The summed E-state index contributed by atoms with van der Waals surface area (Å²) in [7, 11) is -0.577. The molecule has 0 saturated carbocycles. The second-order valence-corrected chi connectivity index (χ2v) is 8.92. The predicted molar refractivity (Wildman–Crippen MR) is 101 cm³/mol. The fraction of sp³-hybridized carbons (Fsp3) is 0.444. The summed E-state index contributed by atoms with van der Waals surface area (Å²) < 4.78 is 32.5. The Kier molecular flexibility index (Phi) is 5.93. The number of anilines is 1. The van der Waals surface area contributed by atoms with E-state index in [9.17, 15) is 13.2 Å². The summed E-state index contributed by atoms with van der Waals surface area (Å²) >= 11 is 0. The van der Waals surface area contributed by atoms with Gasteiger partial charge < -0.3 is 10.1 Å². The quantitative estimate of drug-likeness (QED) is 0.809. The van der Waals surface area contributed by atoms with Crippen LogP contribution in [0.4, 0.5) is 5.69 Å². The van der Waals surface area contributed by atoms with Gasteiger partial charge >= 0.3 is 0 Å². The lowest BCUT2D eigenvalue weighted by molar-refractivity contribution is 0.0601. The smallest absolute Gasteiger partial charge is 0.255 e. The number of aromatic nitrogens is 2. The second-order valence-electron chi connectivity index (χ2n) is 6.77. The molecule has 3 rings (SSSR count). The van der Waals surface area contributed by atoms with E-state index >= 15 is 0 Å². The van der Waals surface area contributed by atoms with Crippen molar-refractivity contribution in [1.82, 2.24) is 14.1 Å². The molecule has 0 atom stereocenters. The molecule has 1 aliphatic heterocycles. The maximum Gasteiger partial charge on any atom is 0.255 e. The fourth-order valence-electron chi connectivity index (χ4n) is 2.91. The van der Waals surface area contributed by atoms with Crippen molar-refractivity contribution in [2.24, 2.45) is 5.92 Å². The number of sulfonamides is 1. The first-order valence-corrected chi connectivity index (χ1v) is 10.2. The molecule has 0 spiro atoms. The lowest BCUT2D eigenvalue weighted by Gasteiger charge is -2.21. The van der Waals surface area contributed by atoms with Crippen molar-refractivity contribution in [2.45, 2.75) is 24.3 Å². The summed E-state index contributed by atoms with van der Waals surface area (Å²) in [5, 5.41) is 7.09. The summed E-state index contributed by atoms with van der Waals surface area (Å²) in [5.74, 6) is 0.225. The second kappa shape index (κ2) is 8.20. The van der Waals surface area contributed by atoms with Crippen LogP contribution in [0.25, 0.3) is 0 Å². The third-order valence-electron chi connectivity index (χ3n) is 4.57. The molecule has 1 aromatic carbocycles. The average molecular weight is 392 g/mol. The minimum atomic E-state index is -3.51. The van der Waals surface area contributed by atoms with Crippen LogP contribution < -0.4 is 5.32 Å². The highest BCUT2D eigenvalue weighted by Crippen LogP contribution is 2.18. The Morgan fingerprint density at radius 1 is 1.26 bits per heavy atom. The molecule has 1 amide bonds. The van der Waals surface area contributed by atoms with Crippen molar-refractivity contribution in [1.29, 1.82) is 0 Å². The Balaban J connectivity index is 1.62. The van der Waals surface area contributed by atoms with Gasteiger partial charge in [0.05, 0.1) is 16.8 Å². The van der Waals surface area contributed by atoms with E-state index in [4.69, 9.17) is 4.74 Å². The lowest BCUT2D eigenvalue weighted by Crippen LogP contribution is -2.22. The first-order chi connectivity index (χ1) is 12.9. The highest BCUT2D eigenvalue weighted by Gasteiger charge is 2.18. The molecular weight excluding hydrogens is 368 g/mol. The van der Waals surface area contributed by atoms with E-state index in [2.05, 4.69) is 10.4 Å². The van der Waals surface area contributed by atoms with Crippen LogP contribution in [0.2, 0.25) is 0 Å². The standard InChI is InChI=1S/C18H24N4O4S/c1-21(2)27(24,25)17-5-3-15(4-6-17)18(23)20-16-11-19-22(13-16)12-14-7-9-26-10-8-14/h3-6,11,13-14H,7-10,12H2,1-2H3,(H,20,23). The molecule has 27 heavy (non-hydrogen) atoms. The third-order valence-corrected chi connectivity index (χ3v) is 6.40. The Morgan fingerprint density at radius 2 is 1.93 bits per heavy atom. The molecule has 0 bridgehead atoms. The van der Waals surface area contributed by atoms with Crippen LogP contribution in [0.5, 0.6) is 0 Å². The largest absolute Gasteiger partial charge is 0.381 e. The lowest BCUT2D eigenvalue weighted by atomic mass is 10.0. The Hall–Kier alpha value is -2.23. The maximum atomic E-state index is 12.4. The summed E-state index contributed by atoms with van der Waals surface area (Å²) in [5.41, 5.74) is 0.988. The van der Waals surface area contributed by atoms with Crippen molar-refractivity contribution in [3.8, 4) is 0 Å². The van der Waals surface area contributed by atoms with Crippen molar-refractivity contribution in [3.63, 3.8) is 0 Å². The number of benzene rings is 1. The van der Waals surface area contributed by atoms with E-state index in [1.165, 1.54) is 38.4 Å². The predicted octanol–water partition coefficient (Wildman–Crippen LogP) is 1.81. The van der Waals surface area contributed by atoms with E-state index in [1.54, 1.807) is 12.4 Å². The molecule has 1 aliphatic rings. The van der Waals surface area contributed by atoms with E-state index in [0.717, 1.165) is 36.9 Å². The Morgan fingerprint density at radius 3 is 2.56 bits per heavy atom. The van der Waals surface area contributed by atoms with Crippen molar-refractivity contribution in [2.75, 3.05) is 32.6 Å². The van der Waals surface area contributed by atoms with E-state index in [0.29, 0.717) is 17.2 Å². The number of nitrogens with zero attached hydrogens (tertiary/aromatic N) is 3. The number of hydrogen-bond acceptors (Lipinski definition) is 5. The molecule has 1 saturated heterocycles. The minimum Gasteiger partial charge on any atom is -0.381 e. The molecule has 9 heteroatoms. The molecule has 0 unspecified atom stereocenters. The van der Waals surface area contributed by atoms with Crippen molar-refractivity contribution < 1.29 is 17.9 Å². The molecule has 0 aliphatic carbocycles. The first kappa shape index (κ1) is 19.5. The highest BCUT2D eigenvalue weighted by molar-refractivity contribution is 7.89. The number of ether oxygens (including phenoxy) is 1. The molecule has 2 aromatic rings. The van der Waals surface area contributed by atoms with Crippen LogP contribution in [-0.2, 0) is 21.3 Å². The monoisotopic (exact) mass is 392 g/mol. The van der Waals surface area contributed by atoms with E-state index in [-0.39, 0.29) is 10.8 Å². The fourth-order valence-corrected chi connectivity index (χ4v) is 3.82. The number of hydrogen-bond donors (Lipinski definition) is 1. The minimum absolute atomic E-state index is 0.147. The maximum absolute atomic E-state index is 12.4. The van der Waals surface area contributed by atoms with Crippen LogP contribution in [0, 0.1) is 5.92 Å². The van der Waals surface area contributed by atoms with Gasteiger partial charge in [-0.1, -0.05) is 0 Å². The van der Waals surface area contributed by atoms with Gasteiger partial charge in [-0.25, -0.2) is 12.7 Å². The summed E-state index contributed by atoms with van der Waals surface area (Å²) in [6, 6.07) is 5.86. The van der Waals surface area contributed by atoms with Gasteiger partial charge in [-0.15, -0.1) is 0 Å². The van der Waals surface area contributed by atoms with Crippen LogP contribution in [-0.4, -0.2) is 55.7 Å². The van der Waals surface area contributed by atoms with E-state index < -0.39 is 10.0 Å². The number of amides is 1. The van der Waals surface area contributed by atoms with Crippen LogP contribution in [0.15, 0.2) is 41.6 Å². The molecular formula is C18H24N4O4S. The molecule has 1 fully saturated rings. The Bertz CT molecular complexity index is 884. The number of carbonyl (C=O) groups is 1. The van der Waals surface area contributed by atoms with Crippen molar-refractivity contribution >= 4 is 21.6 Å². The zero-order valence-electron chi connectivity index (χ0n) is 15.5. The SMILES string of the molecule is CN(C)S(=O)(=O)c1ccc(C(=O)Nc2cnn(CC3CCOCC3)c2)cc1. The summed E-state index contributed by atoms with van der Waals surface area (Å²) in [6.45, 7) is 2.38. The number of carbonyl (C=O) groups excluding carboxylic acids is 1. The zero-order valence-corrected chi connectivity index (χ0v) is 16.3. The third kappa shape index (κ3) is 4.74. The van der Waals surface area contributed by atoms with E-state index in [1.807, 2.05) is 4.68 Å². The number of rotatable bonds is 6. The van der Waals surface area contributed by atoms with Gasteiger partial charge in [0, 0.05) is 45.6 Å². The average Bonchev–Trinajstić information content (AvgIpc) is 3.09. The summed E-state index contributed by atoms with van der Waals surface area (Å²) in [6.07, 6.45) is 5.45. The molecule has 0 radical (unpaired) electrons. The number of nitrogens with one attached hydrogen (secondary N) is 1. The van der Waals surface area contributed by atoms with Gasteiger partial charge in [-0.2, -0.15) is 5.10 Å². The topological polar surface area (TPSA) is 93.5 Å². The molecule has 1 N–H and O–H groups in total. The molecule has 2 heterocycles. The van der Waals surface area contributed by atoms with Gasteiger partial charge in [0.15, 0.2) is 0 Å². The Labute approximate surface area is 159 Å². The van der Waals surface area contributed by atoms with Gasteiger partial charge in [-0.05, 0) is 43.0 Å². The molecule has 8 nitrogen and oxygen atoms in total. The zero-order chi connectivity index (χ0) is 19.4. The molecule has 1 aromatic heterocycles. The van der Waals surface area contributed by atoms with Crippen molar-refractivity contribution in [3.05, 3.63) is 42.2 Å². The van der Waals surface area contributed by atoms with Crippen LogP contribution in [0.1, 0.15) is 23.2 Å². The summed E-state index contributed by atoms with van der Waals surface area (Å²) in [4.78, 5) is 12.5. The van der Waals surface area contributed by atoms with Crippen LogP contribution in [0.3, 0.4) is 0 Å². The van der Waals surface area contributed by atoms with Gasteiger partial charge in [0.25, 0.3) is 5.91 Å². The normalized spacial score (nSPS) is 15.8. The molecule has 146 valence electrons. The van der Waals surface area contributed by atoms with Crippen LogP contribution >= 0.6 is 0 Å². The first-order valence-electron chi connectivity index (χ1n) is 8.80.